The number of fused-ring (bicyclic) bond motifs is 1. The second-order valence-corrected chi connectivity index (χ2v) is 7.10. The van der Waals surface area contributed by atoms with Gasteiger partial charge in [-0.2, -0.15) is 4.98 Å². The van der Waals surface area contributed by atoms with Gasteiger partial charge in [0.1, 0.15) is 0 Å². The molecule has 0 bridgehead atoms. The lowest BCUT2D eigenvalue weighted by Gasteiger charge is -2.07. The molecular weight excluding hydrogens is 388 g/mol. The highest BCUT2D eigenvalue weighted by Crippen LogP contribution is 2.32. The van der Waals surface area contributed by atoms with Gasteiger partial charge in [0.25, 0.3) is 0 Å². The van der Waals surface area contributed by atoms with Gasteiger partial charge in [0.05, 0.1) is 31.0 Å². The first kappa shape index (κ1) is 19.1. The van der Waals surface area contributed by atoms with E-state index in [1.54, 1.807) is 26.0 Å². The molecule has 0 fully saturated rings. The lowest BCUT2D eigenvalue weighted by Crippen LogP contribution is -1.97. The summed E-state index contributed by atoms with van der Waals surface area (Å²) in [6.07, 6.45) is 1.86. The van der Waals surface area contributed by atoms with Crippen LogP contribution in [-0.2, 0) is 12.3 Å². The Kier molecular flexibility index (Phi) is 5.53. The van der Waals surface area contributed by atoms with E-state index in [1.165, 1.54) is 0 Å². The van der Waals surface area contributed by atoms with Crippen LogP contribution >= 0.6 is 11.8 Å². The van der Waals surface area contributed by atoms with E-state index >= 15 is 0 Å². The molecule has 148 valence electrons. The summed E-state index contributed by atoms with van der Waals surface area (Å²) >= 11 is 1.55. The molecule has 0 saturated carbocycles. The molecule has 0 saturated heterocycles. The van der Waals surface area contributed by atoms with Crippen LogP contribution < -0.4 is 9.47 Å². The molecule has 7 nitrogen and oxygen atoms in total. The minimum Gasteiger partial charge on any atom is -0.493 e. The molecule has 0 unspecified atom stereocenters. The van der Waals surface area contributed by atoms with Crippen LogP contribution in [0.25, 0.3) is 22.4 Å². The van der Waals surface area contributed by atoms with Gasteiger partial charge < -0.3 is 18.6 Å². The lowest BCUT2D eigenvalue weighted by atomic mass is 10.2. The smallest absolute Gasteiger partial charge is 0.237 e. The van der Waals surface area contributed by atoms with Gasteiger partial charge in [-0.3, -0.25) is 0 Å². The Balaban J connectivity index is 1.54. The Bertz CT molecular complexity index is 1150. The third-order valence-electron chi connectivity index (χ3n) is 4.37. The molecule has 0 spiro atoms. The fourth-order valence-electron chi connectivity index (χ4n) is 3.00. The van der Waals surface area contributed by atoms with E-state index in [1.807, 2.05) is 42.5 Å². The monoisotopic (exact) mass is 408 g/mol. The highest BCUT2D eigenvalue weighted by Gasteiger charge is 2.15. The van der Waals surface area contributed by atoms with Gasteiger partial charge in [-0.15, -0.1) is 6.58 Å². The van der Waals surface area contributed by atoms with Crippen molar-refractivity contribution in [2.24, 2.45) is 0 Å². The Morgan fingerprint density at radius 1 is 1.10 bits per heavy atom. The average Bonchev–Trinajstić information content (AvgIpc) is 3.37. The lowest BCUT2D eigenvalue weighted by molar-refractivity contribution is 0.355. The van der Waals surface area contributed by atoms with E-state index in [-0.39, 0.29) is 0 Å². The second kappa shape index (κ2) is 8.40. The SMILES string of the molecule is C=CCn1c(SCc2nc(-c3ccc(OC)c(OC)c3)no2)nc2ccccc21. The average molecular weight is 408 g/mol. The normalized spacial score (nSPS) is 11.0. The van der Waals surface area contributed by atoms with E-state index in [2.05, 4.69) is 27.4 Å². The summed E-state index contributed by atoms with van der Waals surface area (Å²) in [5, 5.41) is 4.98. The van der Waals surface area contributed by atoms with Crippen molar-refractivity contribution in [1.29, 1.82) is 0 Å². The van der Waals surface area contributed by atoms with Gasteiger partial charge in [0.2, 0.25) is 11.7 Å². The summed E-state index contributed by atoms with van der Waals surface area (Å²) < 4.78 is 18.2. The van der Waals surface area contributed by atoms with Crippen molar-refractivity contribution in [2.75, 3.05) is 14.2 Å². The van der Waals surface area contributed by atoms with E-state index in [0.717, 1.165) is 21.8 Å². The maximum Gasteiger partial charge on any atom is 0.237 e. The van der Waals surface area contributed by atoms with E-state index in [0.29, 0.717) is 35.5 Å². The first-order valence-corrected chi connectivity index (χ1v) is 9.96. The summed E-state index contributed by atoms with van der Waals surface area (Å²) in [5.41, 5.74) is 2.82. The number of hydrogen-bond acceptors (Lipinski definition) is 7. The van der Waals surface area contributed by atoms with Gasteiger partial charge in [-0.05, 0) is 30.3 Å². The molecule has 2 aromatic heterocycles. The second-order valence-electron chi connectivity index (χ2n) is 6.15. The molecule has 2 heterocycles. The van der Waals surface area contributed by atoms with Crippen molar-refractivity contribution in [1.82, 2.24) is 19.7 Å². The van der Waals surface area contributed by atoms with Gasteiger partial charge in [-0.25, -0.2) is 4.98 Å². The Morgan fingerprint density at radius 2 is 1.93 bits per heavy atom. The minimum absolute atomic E-state index is 0.501. The quantitative estimate of drug-likeness (QED) is 0.312. The molecule has 4 rings (SSSR count). The number of para-hydroxylation sites is 2. The predicted molar refractivity (Wildman–Crippen MR) is 112 cm³/mol. The Morgan fingerprint density at radius 3 is 2.72 bits per heavy atom. The molecule has 8 heteroatoms. The summed E-state index contributed by atoms with van der Waals surface area (Å²) in [6.45, 7) is 4.53. The van der Waals surface area contributed by atoms with Crippen LogP contribution in [0.3, 0.4) is 0 Å². The number of methoxy groups -OCH3 is 2. The number of rotatable bonds is 8. The molecule has 2 aromatic carbocycles. The van der Waals surface area contributed by atoms with Gasteiger partial charge in [0.15, 0.2) is 16.7 Å². The number of ether oxygens (including phenoxy) is 2. The fraction of sp³-hybridized carbons (Fsp3) is 0.190. The van der Waals surface area contributed by atoms with Gasteiger partial charge in [0, 0.05) is 12.1 Å². The van der Waals surface area contributed by atoms with Crippen LogP contribution in [0.5, 0.6) is 11.5 Å². The summed E-state index contributed by atoms with van der Waals surface area (Å²) in [7, 11) is 3.19. The molecule has 0 aliphatic carbocycles. The van der Waals surface area contributed by atoms with Gasteiger partial charge >= 0.3 is 0 Å². The largest absolute Gasteiger partial charge is 0.493 e. The standard InChI is InChI=1S/C21H20N4O3S/c1-4-11-25-16-8-6-5-7-15(16)22-21(25)29-13-19-23-20(24-28-19)14-9-10-17(26-2)18(12-14)27-3/h4-10,12H,1,11,13H2,2-3H3. The Hall–Kier alpha value is -3.26. The highest BCUT2D eigenvalue weighted by atomic mass is 32.2. The van der Waals surface area contributed by atoms with Crippen molar-refractivity contribution in [3.63, 3.8) is 0 Å². The first-order chi connectivity index (χ1) is 14.2. The molecule has 0 radical (unpaired) electrons. The van der Waals surface area contributed by atoms with Crippen LogP contribution in [0.15, 0.2) is 64.8 Å². The number of thioether (sulfide) groups is 1. The number of aromatic nitrogens is 4. The molecule has 0 aliphatic rings. The van der Waals surface area contributed by atoms with Crippen molar-refractivity contribution < 1.29 is 14.0 Å². The fourth-order valence-corrected chi connectivity index (χ4v) is 3.86. The van der Waals surface area contributed by atoms with Crippen LogP contribution in [0.1, 0.15) is 5.89 Å². The van der Waals surface area contributed by atoms with Crippen molar-refractivity contribution in [3.8, 4) is 22.9 Å². The topological polar surface area (TPSA) is 75.2 Å². The summed E-state index contributed by atoms with van der Waals surface area (Å²) in [5.74, 6) is 2.81. The molecule has 0 N–H and O–H groups in total. The number of imidazole rings is 1. The van der Waals surface area contributed by atoms with Crippen LogP contribution in [0.2, 0.25) is 0 Å². The highest BCUT2D eigenvalue weighted by molar-refractivity contribution is 7.98. The van der Waals surface area contributed by atoms with Crippen molar-refractivity contribution >= 4 is 22.8 Å². The Labute approximate surface area is 172 Å². The maximum atomic E-state index is 5.43. The maximum absolute atomic E-state index is 5.43. The zero-order chi connectivity index (χ0) is 20.2. The third kappa shape index (κ3) is 3.84. The predicted octanol–water partition coefficient (Wildman–Crippen LogP) is 4.58. The zero-order valence-electron chi connectivity index (χ0n) is 16.2. The zero-order valence-corrected chi connectivity index (χ0v) is 17.0. The van der Waals surface area contributed by atoms with E-state index in [9.17, 15) is 0 Å². The molecule has 0 amide bonds. The summed E-state index contributed by atoms with van der Waals surface area (Å²) in [4.78, 5) is 9.21. The number of nitrogens with zero attached hydrogens (tertiary/aromatic N) is 4. The molecule has 0 atom stereocenters. The van der Waals surface area contributed by atoms with Crippen LogP contribution in [0, 0.1) is 0 Å². The third-order valence-corrected chi connectivity index (χ3v) is 5.33. The van der Waals surface area contributed by atoms with Gasteiger partial charge in [-0.1, -0.05) is 35.1 Å². The van der Waals surface area contributed by atoms with Crippen LogP contribution in [-0.4, -0.2) is 33.9 Å². The molecule has 0 aliphatic heterocycles. The summed E-state index contributed by atoms with van der Waals surface area (Å²) in [6, 6.07) is 13.5. The van der Waals surface area contributed by atoms with Crippen molar-refractivity contribution in [3.05, 3.63) is 61.0 Å². The number of allylic oxidation sites excluding steroid dienone is 1. The first-order valence-electron chi connectivity index (χ1n) is 8.97. The molecule has 4 aromatic rings. The minimum atomic E-state index is 0.501. The number of hydrogen-bond donors (Lipinski definition) is 0. The van der Waals surface area contributed by atoms with Crippen LogP contribution in [0.4, 0.5) is 0 Å². The molecule has 29 heavy (non-hydrogen) atoms. The molecular formula is C21H20N4O3S. The van der Waals surface area contributed by atoms with E-state index < -0.39 is 0 Å². The van der Waals surface area contributed by atoms with E-state index in [4.69, 9.17) is 19.0 Å². The van der Waals surface area contributed by atoms with Crippen molar-refractivity contribution in [2.45, 2.75) is 17.5 Å². The number of benzene rings is 2.